The molecule has 47 heavy (non-hydrogen) atoms. The lowest BCUT2D eigenvalue weighted by atomic mass is 9.56. The van der Waals surface area contributed by atoms with Crippen molar-refractivity contribution in [3.63, 3.8) is 0 Å². The van der Waals surface area contributed by atoms with Gasteiger partial charge in [0.25, 0.3) is 11.8 Å². The first kappa shape index (κ1) is 31.9. The molecule has 8 nitrogen and oxygen atoms in total. The summed E-state index contributed by atoms with van der Waals surface area (Å²) in [6, 6.07) is 6.81. The maximum Gasteiger partial charge on any atom is 0.573 e. The number of halogens is 6. The Morgan fingerprint density at radius 2 is 1.57 bits per heavy atom. The summed E-state index contributed by atoms with van der Waals surface area (Å²) in [6.45, 7) is 0. The fraction of sp³-hybridized carbons (Fsp3) is 0.455. The number of aromatic hydroxyl groups is 1. The van der Waals surface area contributed by atoms with Crippen molar-refractivity contribution in [3.8, 4) is 11.5 Å². The zero-order chi connectivity index (χ0) is 33.6. The second kappa shape index (κ2) is 10.9. The van der Waals surface area contributed by atoms with Crippen molar-refractivity contribution in [2.45, 2.75) is 73.0 Å². The normalized spacial score (nSPS) is 32.7. The van der Waals surface area contributed by atoms with Gasteiger partial charge in [-0.2, -0.15) is 0 Å². The monoisotopic (exact) mass is 694 g/mol. The number of fused-ring (bicyclic) bond motifs is 4. The number of carbonyl (C=O) groups excluding carboxylic acids is 4. The number of phenols is 1. The van der Waals surface area contributed by atoms with E-state index in [1.807, 2.05) is 0 Å². The fourth-order valence-electron chi connectivity index (χ4n) is 8.43. The third-order valence-corrected chi connectivity index (χ3v) is 11.8. The largest absolute Gasteiger partial charge is 0.573 e. The van der Waals surface area contributed by atoms with Crippen molar-refractivity contribution in [3.05, 3.63) is 65.5 Å². The number of anilines is 1. The first-order chi connectivity index (χ1) is 22.2. The van der Waals surface area contributed by atoms with Crippen LogP contribution in [-0.2, 0) is 19.2 Å². The van der Waals surface area contributed by atoms with Crippen LogP contribution < -0.4 is 9.64 Å². The molecule has 2 aromatic carbocycles. The highest BCUT2D eigenvalue weighted by Crippen LogP contribution is 2.66. The first-order valence-electron chi connectivity index (χ1n) is 15.4. The Kier molecular flexibility index (Phi) is 7.44. The van der Waals surface area contributed by atoms with Crippen molar-refractivity contribution in [1.29, 1.82) is 0 Å². The third kappa shape index (κ3) is 4.68. The number of nitrogens with zero attached hydrogens (tertiary/aromatic N) is 2. The van der Waals surface area contributed by atoms with E-state index >= 15 is 0 Å². The lowest BCUT2D eigenvalue weighted by Crippen LogP contribution is -2.60. The van der Waals surface area contributed by atoms with Gasteiger partial charge in [0.05, 0.1) is 17.5 Å². The van der Waals surface area contributed by atoms with Crippen LogP contribution in [0, 0.1) is 23.6 Å². The molecule has 0 radical (unpaired) electrons. The molecule has 7 rings (SSSR count). The Bertz CT molecular complexity index is 1730. The van der Waals surface area contributed by atoms with E-state index < -0.39 is 74.8 Å². The average molecular weight is 695 g/mol. The van der Waals surface area contributed by atoms with Gasteiger partial charge in [0.1, 0.15) is 17.3 Å². The molecule has 14 heteroatoms. The Balaban J connectivity index is 1.40. The topological polar surface area (TPSA) is 104 Å². The van der Waals surface area contributed by atoms with Gasteiger partial charge < -0.3 is 9.84 Å². The molecule has 1 N–H and O–H groups in total. The van der Waals surface area contributed by atoms with E-state index in [4.69, 9.17) is 23.2 Å². The van der Waals surface area contributed by atoms with Crippen LogP contribution >= 0.6 is 23.2 Å². The zero-order valence-corrected chi connectivity index (χ0v) is 26.1. The van der Waals surface area contributed by atoms with Crippen LogP contribution in [0.4, 0.5) is 23.2 Å². The highest BCUT2D eigenvalue weighted by molar-refractivity contribution is 6.58. The number of ether oxygens (including phenoxy) is 1. The molecule has 2 heterocycles. The lowest BCUT2D eigenvalue weighted by molar-refractivity contribution is -0.274. The highest BCUT2D eigenvalue weighted by Gasteiger charge is 2.77. The van der Waals surface area contributed by atoms with Gasteiger partial charge in [-0.3, -0.25) is 24.1 Å². The van der Waals surface area contributed by atoms with Crippen LogP contribution in [0.5, 0.6) is 11.5 Å². The minimum atomic E-state index is -5.10. The Hall–Kier alpha value is -3.64. The number of likely N-dealkylation sites (tertiary alicyclic amines) is 1. The molecule has 0 spiro atoms. The molecule has 2 aliphatic heterocycles. The summed E-state index contributed by atoms with van der Waals surface area (Å²) in [5.74, 6) is -8.99. The summed E-state index contributed by atoms with van der Waals surface area (Å²) in [5.41, 5.74) is -0.0478. The summed E-state index contributed by atoms with van der Waals surface area (Å²) in [7, 11) is 0. The Morgan fingerprint density at radius 3 is 2.23 bits per heavy atom. The van der Waals surface area contributed by atoms with Crippen molar-refractivity contribution in [2.75, 3.05) is 4.90 Å². The summed E-state index contributed by atoms with van der Waals surface area (Å²) >= 11 is 14.5. The number of rotatable bonds is 4. The van der Waals surface area contributed by atoms with E-state index in [-0.39, 0.29) is 36.0 Å². The van der Waals surface area contributed by atoms with Gasteiger partial charge in [-0.15, -0.1) is 36.4 Å². The number of hydrogen-bond acceptors (Lipinski definition) is 6. The van der Waals surface area contributed by atoms with Gasteiger partial charge >= 0.3 is 6.36 Å². The van der Waals surface area contributed by atoms with Gasteiger partial charge in [0.2, 0.25) is 11.8 Å². The van der Waals surface area contributed by atoms with Crippen molar-refractivity contribution >= 4 is 52.5 Å². The molecule has 0 aromatic heterocycles. The number of amides is 4. The molecule has 0 bridgehead atoms. The van der Waals surface area contributed by atoms with Crippen molar-refractivity contribution in [1.82, 2.24) is 4.90 Å². The minimum absolute atomic E-state index is 0.0570. The number of phenolic OH excluding ortho intramolecular Hbond substituents is 1. The summed E-state index contributed by atoms with van der Waals surface area (Å²) in [6.07, 6.45) is 0.252. The Morgan fingerprint density at radius 1 is 0.894 bits per heavy atom. The van der Waals surface area contributed by atoms with Crippen LogP contribution in [0.1, 0.15) is 56.4 Å². The molecule has 4 amide bonds. The minimum Gasteiger partial charge on any atom is -0.508 e. The predicted octanol–water partition coefficient (Wildman–Crippen LogP) is 6.33. The molecule has 4 fully saturated rings. The van der Waals surface area contributed by atoms with Crippen molar-refractivity contribution in [2.24, 2.45) is 17.8 Å². The van der Waals surface area contributed by atoms with E-state index in [0.717, 1.165) is 49.6 Å². The van der Waals surface area contributed by atoms with Gasteiger partial charge in [-0.05, 0) is 74.1 Å². The van der Waals surface area contributed by atoms with E-state index in [1.165, 1.54) is 17.0 Å². The standard InChI is InChI=1S/C33H28Cl2F4N2O6/c34-31-15-23-20(11-12-21-25(23)28(44)40(27(21)43)17-4-2-1-3-5-17)26(22-14-19(10-13-24(22)42)47-33(37,38)39)32(31,35)30(46)41(29(31)45)18-8-6-16(36)7-9-18/h6-11,13-14,17,21,23,25-26,42H,1-5,12,15H2/t21-,23+,25-,26+,31+,32-/m0/s1. The third-order valence-electron chi connectivity index (χ3n) is 10.4. The maximum absolute atomic E-state index is 14.4. The smallest absolute Gasteiger partial charge is 0.508 e. The average Bonchev–Trinajstić information content (AvgIpc) is 3.36. The van der Waals surface area contributed by atoms with E-state index in [0.29, 0.717) is 23.3 Å². The second-order valence-electron chi connectivity index (χ2n) is 12.9. The van der Waals surface area contributed by atoms with E-state index in [1.54, 1.807) is 6.08 Å². The number of imide groups is 2. The first-order valence-corrected chi connectivity index (χ1v) is 16.1. The summed E-state index contributed by atoms with van der Waals surface area (Å²) < 4.78 is 57.8. The molecule has 6 atom stereocenters. The van der Waals surface area contributed by atoms with E-state index in [2.05, 4.69) is 4.74 Å². The lowest BCUT2D eigenvalue weighted by Gasteiger charge is -2.50. The molecule has 0 unspecified atom stereocenters. The highest BCUT2D eigenvalue weighted by atomic mass is 35.5. The van der Waals surface area contributed by atoms with E-state index in [9.17, 15) is 41.8 Å². The van der Waals surface area contributed by atoms with Crippen molar-refractivity contribution < 1.29 is 46.6 Å². The van der Waals surface area contributed by atoms with Gasteiger partial charge in [-0.1, -0.05) is 30.9 Å². The number of carbonyl (C=O) groups is 4. The van der Waals surface area contributed by atoms with Gasteiger partial charge in [0, 0.05) is 17.5 Å². The number of hydrogen-bond donors (Lipinski definition) is 1. The fourth-order valence-corrected chi connectivity index (χ4v) is 9.36. The second-order valence-corrected chi connectivity index (χ2v) is 14.1. The van der Waals surface area contributed by atoms with Crippen LogP contribution in [0.2, 0.25) is 0 Å². The molecule has 2 saturated heterocycles. The van der Waals surface area contributed by atoms with Crippen LogP contribution in [0.25, 0.3) is 0 Å². The molecule has 248 valence electrons. The number of allylic oxidation sites excluding steroid dienone is 2. The molecule has 3 aliphatic carbocycles. The molecule has 2 aromatic rings. The summed E-state index contributed by atoms with van der Waals surface area (Å²) in [5, 5.41) is 11.1. The maximum atomic E-state index is 14.4. The molecular formula is C33H28Cl2F4N2O6. The summed E-state index contributed by atoms with van der Waals surface area (Å²) in [4.78, 5) is 53.9. The SMILES string of the molecule is O=C1[C@H]2[C@H](CC=C3[C@H]2C[C@@]2(Cl)C(=O)N(c4ccc(F)cc4)C(=O)[C@@]2(Cl)[C@H]3c2cc(OC(F)(F)F)ccc2O)C(=O)N1C1CCCCC1. The molecule has 2 saturated carbocycles. The predicted molar refractivity (Wildman–Crippen MR) is 160 cm³/mol. The van der Waals surface area contributed by atoms with Crippen LogP contribution in [-0.4, -0.2) is 55.8 Å². The van der Waals surface area contributed by atoms with Crippen LogP contribution in [0.3, 0.4) is 0 Å². The molecular weight excluding hydrogens is 667 g/mol. The van der Waals surface area contributed by atoms with Gasteiger partial charge in [0.15, 0.2) is 9.75 Å². The molecule has 5 aliphatic rings. The number of benzene rings is 2. The quantitative estimate of drug-likeness (QED) is 0.174. The van der Waals surface area contributed by atoms with Crippen LogP contribution in [0.15, 0.2) is 54.1 Å². The van der Waals surface area contributed by atoms with Gasteiger partial charge in [-0.25, -0.2) is 9.29 Å². The zero-order valence-electron chi connectivity index (χ0n) is 24.6. The number of alkyl halides is 5. The Labute approximate surface area is 276 Å².